The van der Waals surface area contributed by atoms with Crippen molar-refractivity contribution in [3.05, 3.63) is 40.9 Å². The number of rotatable bonds is 5. The quantitative estimate of drug-likeness (QED) is 0.906. The highest BCUT2D eigenvalue weighted by molar-refractivity contribution is 7.13. The maximum Gasteiger partial charge on any atom is 0.238 e. The van der Waals surface area contributed by atoms with Crippen LogP contribution < -0.4 is 10.2 Å². The molecule has 1 aliphatic heterocycles. The predicted molar refractivity (Wildman–Crippen MR) is 100.0 cm³/mol. The van der Waals surface area contributed by atoms with Gasteiger partial charge in [-0.1, -0.05) is 25.1 Å². The van der Waals surface area contributed by atoms with Crippen molar-refractivity contribution in [3.63, 3.8) is 0 Å². The molecule has 1 amide bonds. The van der Waals surface area contributed by atoms with E-state index in [1.54, 1.807) is 11.3 Å². The minimum atomic E-state index is 0.0710. The van der Waals surface area contributed by atoms with Crippen molar-refractivity contribution in [2.45, 2.75) is 20.3 Å². The molecule has 5 nitrogen and oxygen atoms in total. The zero-order chi connectivity index (χ0) is 16.9. The monoisotopic (exact) mass is 344 g/mol. The molecule has 0 aliphatic carbocycles. The first-order valence-corrected chi connectivity index (χ1v) is 9.30. The number of aromatic nitrogens is 1. The lowest BCUT2D eigenvalue weighted by Gasteiger charge is -2.34. The number of benzene rings is 1. The second-order valence-electron chi connectivity index (χ2n) is 6.09. The number of thiazole rings is 1. The first-order chi connectivity index (χ1) is 11.7. The Bertz CT molecular complexity index is 678. The Balaban J connectivity index is 1.53. The molecular formula is C18H24N4OS. The molecule has 2 aromatic rings. The van der Waals surface area contributed by atoms with Crippen LogP contribution in [0.3, 0.4) is 0 Å². The topological polar surface area (TPSA) is 48.5 Å². The Morgan fingerprint density at radius 1 is 1.29 bits per heavy atom. The number of para-hydroxylation sites is 1. The SMILES string of the molecule is CCc1cccc(C)c1NC(=O)CN1CCN(c2nccs2)CC1. The van der Waals surface area contributed by atoms with Crippen molar-refractivity contribution in [2.24, 2.45) is 0 Å². The third-order valence-electron chi connectivity index (χ3n) is 4.43. The molecule has 1 aromatic heterocycles. The number of piperazine rings is 1. The van der Waals surface area contributed by atoms with Gasteiger partial charge >= 0.3 is 0 Å². The first kappa shape index (κ1) is 16.9. The van der Waals surface area contributed by atoms with E-state index < -0.39 is 0 Å². The number of nitrogens with zero attached hydrogens (tertiary/aromatic N) is 3. The van der Waals surface area contributed by atoms with Gasteiger partial charge in [0.1, 0.15) is 0 Å². The maximum absolute atomic E-state index is 12.4. The van der Waals surface area contributed by atoms with Crippen molar-refractivity contribution in [3.8, 4) is 0 Å². The number of aryl methyl sites for hydroxylation is 2. The third-order valence-corrected chi connectivity index (χ3v) is 5.27. The summed E-state index contributed by atoms with van der Waals surface area (Å²) in [4.78, 5) is 21.3. The fourth-order valence-corrected chi connectivity index (χ4v) is 3.75. The van der Waals surface area contributed by atoms with Crippen LogP contribution in [0.1, 0.15) is 18.1 Å². The Labute approximate surface area is 147 Å². The molecule has 1 saturated heterocycles. The van der Waals surface area contributed by atoms with Crippen molar-refractivity contribution in [1.82, 2.24) is 9.88 Å². The van der Waals surface area contributed by atoms with Gasteiger partial charge in [0.05, 0.1) is 6.54 Å². The normalized spacial score (nSPS) is 15.5. The van der Waals surface area contributed by atoms with Crippen LogP contribution in [0.25, 0.3) is 0 Å². The summed E-state index contributed by atoms with van der Waals surface area (Å²) in [6.07, 6.45) is 2.76. The molecule has 3 rings (SSSR count). The van der Waals surface area contributed by atoms with Crippen molar-refractivity contribution in [1.29, 1.82) is 0 Å². The number of carbonyl (C=O) groups excluding carboxylic acids is 1. The minimum Gasteiger partial charge on any atom is -0.346 e. The van der Waals surface area contributed by atoms with Gasteiger partial charge in [-0.25, -0.2) is 4.98 Å². The van der Waals surface area contributed by atoms with Gasteiger partial charge in [-0.05, 0) is 24.5 Å². The van der Waals surface area contributed by atoms with Crippen molar-refractivity contribution < 1.29 is 4.79 Å². The van der Waals surface area contributed by atoms with E-state index in [0.29, 0.717) is 6.54 Å². The molecule has 24 heavy (non-hydrogen) atoms. The maximum atomic E-state index is 12.4. The summed E-state index contributed by atoms with van der Waals surface area (Å²) in [6, 6.07) is 6.17. The van der Waals surface area contributed by atoms with Crippen LogP contribution in [0.5, 0.6) is 0 Å². The lowest BCUT2D eigenvalue weighted by atomic mass is 10.1. The summed E-state index contributed by atoms with van der Waals surface area (Å²) in [6.45, 7) is 8.23. The van der Waals surface area contributed by atoms with Gasteiger partial charge in [0.2, 0.25) is 5.91 Å². The molecule has 2 heterocycles. The van der Waals surface area contributed by atoms with Crippen LogP contribution in [-0.2, 0) is 11.2 Å². The summed E-state index contributed by atoms with van der Waals surface area (Å²) in [5.74, 6) is 0.0710. The van der Waals surface area contributed by atoms with E-state index in [-0.39, 0.29) is 5.91 Å². The summed E-state index contributed by atoms with van der Waals surface area (Å²) >= 11 is 1.67. The Hall–Kier alpha value is -1.92. The molecule has 1 aliphatic rings. The number of amides is 1. The molecule has 6 heteroatoms. The number of hydrogen-bond acceptors (Lipinski definition) is 5. The van der Waals surface area contributed by atoms with E-state index in [1.165, 1.54) is 5.56 Å². The molecule has 128 valence electrons. The highest BCUT2D eigenvalue weighted by atomic mass is 32.1. The molecule has 1 aromatic carbocycles. The molecule has 0 atom stereocenters. The van der Waals surface area contributed by atoms with Crippen LogP contribution in [0, 0.1) is 6.92 Å². The van der Waals surface area contributed by atoms with E-state index in [4.69, 9.17) is 0 Å². The van der Waals surface area contributed by atoms with Crippen molar-refractivity contribution in [2.75, 3.05) is 42.9 Å². The van der Waals surface area contributed by atoms with E-state index in [2.05, 4.69) is 33.1 Å². The molecule has 1 N–H and O–H groups in total. The standard InChI is InChI=1S/C18H24N4OS/c1-3-15-6-4-5-14(2)17(15)20-16(23)13-21-8-10-22(11-9-21)18-19-7-12-24-18/h4-7,12H,3,8-11,13H2,1-2H3,(H,20,23). The zero-order valence-electron chi connectivity index (χ0n) is 14.3. The second kappa shape index (κ2) is 7.77. The van der Waals surface area contributed by atoms with Gasteiger partial charge in [0.15, 0.2) is 5.13 Å². The van der Waals surface area contributed by atoms with Crippen LogP contribution in [0.15, 0.2) is 29.8 Å². The van der Waals surface area contributed by atoms with Crippen LogP contribution in [0.4, 0.5) is 10.8 Å². The van der Waals surface area contributed by atoms with E-state index >= 15 is 0 Å². The number of nitrogens with one attached hydrogen (secondary N) is 1. The average Bonchev–Trinajstić information content (AvgIpc) is 3.12. The van der Waals surface area contributed by atoms with Gasteiger partial charge in [0, 0.05) is 43.4 Å². The lowest BCUT2D eigenvalue weighted by Crippen LogP contribution is -2.48. The Morgan fingerprint density at radius 2 is 2.08 bits per heavy atom. The Morgan fingerprint density at radius 3 is 2.75 bits per heavy atom. The van der Waals surface area contributed by atoms with E-state index in [0.717, 1.165) is 49.0 Å². The van der Waals surface area contributed by atoms with Gasteiger partial charge < -0.3 is 10.2 Å². The summed E-state index contributed by atoms with van der Waals surface area (Å²) < 4.78 is 0. The summed E-state index contributed by atoms with van der Waals surface area (Å²) in [5, 5.41) is 6.19. The molecule has 0 bridgehead atoms. The van der Waals surface area contributed by atoms with Crippen LogP contribution in [-0.4, -0.2) is 48.5 Å². The molecule has 0 radical (unpaired) electrons. The number of carbonyl (C=O) groups is 1. The van der Waals surface area contributed by atoms with E-state index in [1.807, 2.05) is 30.6 Å². The van der Waals surface area contributed by atoms with Gasteiger partial charge in [-0.2, -0.15) is 0 Å². The highest BCUT2D eigenvalue weighted by Gasteiger charge is 2.20. The predicted octanol–water partition coefficient (Wildman–Crippen LogP) is 2.77. The Kier molecular flexibility index (Phi) is 5.48. The zero-order valence-corrected chi connectivity index (χ0v) is 15.1. The molecule has 0 saturated carbocycles. The first-order valence-electron chi connectivity index (χ1n) is 8.42. The average molecular weight is 344 g/mol. The molecule has 0 unspecified atom stereocenters. The van der Waals surface area contributed by atoms with Crippen LogP contribution in [0.2, 0.25) is 0 Å². The number of anilines is 2. The third kappa shape index (κ3) is 3.94. The van der Waals surface area contributed by atoms with Gasteiger partial charge in [0.25, 0.3) is 0 Å². The smallest absolute Gasteiger partial charge is 0.238 e. The van der Waals surface area contributed by atoms with Crippen LogP contribution >= 0.6 is 11.3 Å². The van der Waals surface area contributed by atoms with Gasteiger partial charge in [-0.15, -0.1) is 11.3 Å². The molecule has 1 fully saturated rings. The fourth-order valence-electron chi connectivity index (χ4n) is 3.05. The largest absolute Gasteiger partial charge is 0.346 e. The van der Waals surface area contributed by atoms with Crippen molar-refractivity contribution >= 4 is 28.1 Å². The second-order valence-corrected chi connectivity index (χ2v) is 6.96. The van der Waals surface area contributed by atoms with E-state index in [9.17, 15) is 4.79 Å². The van der Waals surface area contributed by atoms with Gasteiger partial charge in [-0.3, -0.25) is 9.69 Å². The molecule has 0 spiro atoms. The fraction of sp³-hybridized carbons (Fsp3) is 0.444. The summed E-state index contributed by atoms with van der Waals surface area (Å²) in [7, 11) is 0. The highest BCUT2D eigenvalue weighted by Crippen LogP contribution is 2.21. The molecular weight excluding hydrogens is 320 g/mol. The lowest BCUT2D eigenvalue weighted by molar-refractivity contribution is -0.117. The summed E-state index contributed by atoms with van der Waals surface area (Å²) in [5.41, 5.74) is 3.29. The number of hydrogen-bond donors (Lipinski definition) is 1. The minimum absolute atomic E-state index is 0.0710.